The number of carboxylic acids is 1. The quantitative estimate of drug-likeness (QED) is 0.0614. The summed E-state index contributed by atoms with van der Waals surface area (Å²) < 4.78 is 92.9. The predicted octanol–water partition coefficient (Wildman–Crippen LogP) is 6.07. The Hall–Kier alpha value is -4.97. The van der Waals surface area contributed by atoms with Gasteiger partial charge in [-0.3, -0.25) is 4.79 Å². The first-order valence-corrected chi connectivity index (χ1v) is 16.0. The van der Waals surface area contributed by atoms with Crippen LogP contribution in [-0.2, 0) is 9.59 Å². The SMILES string of the molecule is CCCCCCCCC(=O)c1ccc(C(=O)[O-])c(-c2c3cc(F)c(=[N+]4CC(F)(F)C4)cc-3oc3cc(N4CC(F)(F)C4)c(F)cc23)c1.O=C=O. The fourth-order valence-corrected chi connectivity index (χ4v) is 6.36. The fourth-order valence-electron chi connectivity index (χ4n) is 6.36. The second kappa shape index (κ2) is 14.5. The number of ketones is 1. The molecule has 3 aliphatic heterocycles. The molecule has 2 aromatic carbocycles. The van der Waals surface area contributed by atoms with E-state index >= 15 is 8.78 Å². The standard InChI is InChI=1S/C35H32F6N2O4.CO2/c1-2-3-4-5-6-7-8-29(44)20-9-10-21(33(45)46)22(11-20)32-23-12-25(36)27(42-16-34(38,39)17-42)14-30(23)47-31-15-28(26(37)13-24(31)32)43-18-35(40,41)19-43;2-1-3/h9-15H,2-8,16-19H2,1H3;. The van der Waals surface area contributed by atoms with Crippen LogP contribution in [0.25, 0.3) is 33.4 Å². The Bertz CT molecular complexity index is 2020. The minimum atomic E-state index is -3.01. The number of alkyl halides is 4. The van der Waals surface area contributed by atoms with Crippen molar-refractivity contribution in [3.63, 3.8) is 0 Å². The van der Waals surface area contributed by atoms with Gasteiger partial charge in [0.25, 0.3) is 5.92 Å². The minimum absolute atomic E-state index is 0.00607. The molecule has 0 aromatic heterocycles. The van der Waals surface area contributed by atoms with Crippen molar-refractivity contribution in [1.29, 1.82) is 0 Å². The van der Waals surface area contributed by atoms with Crippen molar-refractivity contribution in [2.45, 2.75) is 63.7 Å². The number of benzene rings is 3. The van der Waals surface area contributed by atoms with E-state index in [0.29, 0.717) is 6.42 Å². The number of anilines is 1. The van der Waals surface area contributed by atoms with Gasteiger partial charge in [0.2, 0.25) is 18.4 Å². The van der Waals surface area contributed by atoms with Crippen molar-refractivity contribution in [1.82, 2.24) is 4.58 Å². The van der Waals surface area contributed by atoms with Crippen molar-refractivity contribution < 1.29 is 55.0 Å². The zero-order chi connectivity index (χ0) is 36.4. The van der Waals surface area contributed by atoms with Crippen molar-refractivity contribution in [2.24, 2.45) is 0 Å². The van der Waals surface area contributed by atoms with E-state index in [2.05, 4.69) is 6.92 Å². The molecule has 0 saturated carbocycles. The Morgan fingerprint density at radius 3 is 2.16 bits per heavy atom. The summed E-state index contributed by atoms with van der Waals surface area (Å²) in [6, 6.07) is 8.25. The first kappa shape index (κ1) is 36.3. The van der Waals surface area contributed by atoms with E-state index in [-0.39, 0.29) is 73.9 Å². The fraction of sp³-hybridized carbons (Fsp3) is 0.389. The number of carboxylic acid groups (broad SMARTS) is 1. The summed E-state index contributed by atoms with van der Waals surface area (Å²) in [5.41, 5.74) is -0.530. The average Bonchev–Trinajstić information content (AvgIpc) is 3.02. The number of nitrogens with zero attached hydrogens (tertiary/aromatic N) is 2. The van der Waals surface area contributed by atoms with Crippen LogP contribution in [0.5, 0.6) is 0 Å². The molecule has 0 N–H and O–H groups in total. The molecule has 2 saturated heterocycles. The van der Waals surface area contributed by atoms with Gasteiger partial charge < -0.3 is 19.2 Å². The van der Waals surface area contributed by atoms with Crippen LogP contribution in [0.1, 0.15) is 72.6 Å². The first-order chi connectivity index (χ1) is 23.7. The molecule has 0 bridgehead atoms. The second-order valence-corrected chi connectivity index (χ2v) is 12.6. The van der Waals surface area contributed by atoms with E-state index in [0.717, 1.165) is 53.7 Å². The molecule has 50 heavy (non-hydrogen) atoms. The monoisotopic (exact) mass is 702 g/mol. The van der Waals surface area contributed by atoms with Crippen molar-refractivity contribution in [3.05, 3.63) is 70.6 Å². The Labute approximate surface area is 282 Å². The van der Waals surface area contributed by atoms with Gasteiger partial charge in [0.05, 0.1) is 30.8 Å². The van der Waals surface area contributed by atoms with Crippen molar-refractivity contribution in [2.75, 3.05) is 31.1 Å². The summed E-state index contributed by atoms with van der Waals surface area (Å²) >= 11 is 0. The Morgan fingerprint density at radius 1 is 0.880 bits per heavy atom. The molecule has 1 aliphatic carbocycles. The highest BCUT2D eigenvalue weighted by atomic mass is 19.3. The van der Waals surface area contributed by atoms with Gasteiger partial charge in [0.15, 0.2) is 11.6 Å². The minimum Gasteiger partial charge on any atom is -0.545 e. The van der Waals surface area contributed by atoms with Gasteiger partial charge in [0.1, 0.15) is 17.2 Å². The first-order valence-electron chi connectivity index (χ1n) is 16.0. The molecule has 14 heteroatoms. The molecule has 2 aromatic rings. The number of halogens is 6. The third-order valence-electron chi connectivity index (χ3n) is 8.81. The van der Waals surface area contributed by atoms with E-state index in [1.54, 1.807) is 0 Å². The lowest BCUT2D eigenvalue weighted by atomic mass is 9.88. The Morgan fingerprint density at radius 2 is 1.54 bits per heavy atom. The highest BCUT2D eigenvalue weighted by Crippen LogP contribution is 2.44. The Balaban J connectivity index is 0.00000156. The molecule has 0 amide bonds. The third-order valence-corrected chi connectivity index (χ3v) is 8.81. The van der Waals surface area contributed by atoms with E-state index in [4.69, 9.17) is 14.0 Å². The van der Waals surface area contributed by atoms with Crippen LogP contribution in [0.2, 0.25) is 0 Å². The van der Waals surface area contributed by atoms with E-state index in [1.807, 2.05) is 0 Å². The Kier molecular flexibility index (Phi) is 10.5. The summed E-state index contributed by atoms with van der Waals surface area (Å²) in [6.45, 7) is -0.817. The van der Waals surface area contributed by atoms with Crippen LogP contribution in [0.15, 0.2) is 46.9 Å². The number of carbonyl (C=O) groups excluding carboxylic acids is 4. The van der Waals surface area contributed by atoms with Gasteiger partial charge in [-0.25, -0.2) is 17.7 Å². The van der Waals surface area contributed by atoms with Gasteiger partial charge >= 0.3 is 12.1 Å². The largest absolute Gasteiger partial charge is 0.545 e. The van der Waals surface area contributed by atoms with Gasteiger partial charge in [0, 0.05) is 40.1 Å². The molecule has 6 rings (SSSR count). The van der Waals surface area contributed by atoms with Crippen LogP contribution in [0, 0.1) is 11.6 Å². The lowest BCUT2D eigenvalue weighted by Gasteiger charge is -2.40. The van der Waals surface area contributed by atoms with Crippen molar-refractivity contribution >= 4 is 34.6 Å². The zero-order valence-corrected chi connectivity index (χ0v) is 26.9. The van der Waals surface area contributed by atoms with Crippen molar-refractivity contribution in [3.8, 4) is 22.5 Å². The molecule has 0 unspecified atom stereocenters. The molecule has 4 aliphatic rings. The highest BCUT2D eigenvalue weighted by Gasteiger charge is 2.50. The number of hydrogen-bond donors (Lipinski definition) is 0. The maximum Gasteiger partial charge on any atom is 0.373 e. The summed E-state index contributed by atoms with van der Waals surface area (Å²) in [5.74, 6) is -9.76. The van der Waals surface area contributed by atoms with Gasteiger partial charge in [-0.05, 0) is 30.2 Å². The molecule has 264 valence electrons. The number of Topliss-reactive ketones (excluding diaryl/α,β-unsaturated/α-hetero) is 1. The average molecular weight is 703 g/mol. The molecule has 0 spiro atoms. The van der Waals surface area contributed by atoms with Crippen LogP contribution < -0.4 is 19.9 Å². The lowest BCUT2D eigenvalue weighted by Crippen LogP contribution is -2.58. The van der Waals surface area contributed by atoms with E-state index in [9.17, 15) is 32.3 Å². The molecule has 0 radical (unpaired) electrons. The van der Waals surface area contributed by atoms with Gasteiger partial charge in [-0.2, -0.15) is 22.8 Å². The van der Waals surface area contributed by atoms with Gasteiger partial charge in [-0.15, -0.1) is 0 Å². The third kappa shape index (κ3) is 7.60. The number of unbranched alkanes of at least 4 members (excludes halogenated alkanes) is 5. The smallest absolute Gasteiger partial charge is 0.373 e. The maximum absolute atomic E-state index is 15.6. The number of carbonyl (C=O) groups is 2. The molecular weight excluding hydrogens is 670 g/mol. The topological polar surface area (TPSA) is 111 Å². The number of rotatable bonds is 11. The molecule has 8 nitrogen and oxygen atoms in total. The number of hydrogen-bond acceptors (Lipinski definition) is 7. The molecule has 2 fully saturated rings. The van der Waals surface area contributed by atoms with E-state index < -0.39 is 55.6 Å². The summed E-state index contributed by atoms with van der Waals surface area (Å²) in [5, 5.41) is 12.2. The zero-order valence-electron chi connectivity index (χ0n) is 26.9. The molecule has 0 atom stereocenters. The van der Waals surface area contributed by atoms with Crippen LogP contribution >= 0.6 is 0 Å². The summed E-state index contributed by atoms with van der Waals surface area (Å²) in [7, 11) is 0. The summed E-state index contributed by atoms with van der Waals surface area (Å²) in [6.07, 6.45) is 6.16. The molecule has 3 heterocycles. The number of fused-ring (bicyclic) bond motifs is 2. The maximum atomic E-state index is 15.6. The normalized spacial score (nSPS) is 15.9. The highest BCUT2D eigenvalue weighted by molar-refractivity contribution is 6.09. The number of aromatic carboxylic acids is 1. The van der Waals surface area contributed by atoms with Crippen LogP contribution in [-0.4, -0.2) is 55.9 Å². The lowest BCUT2D eigenvalue weighted by molar-refractivity contribution is -0.255. The van der Waals surface area contributed by atoms with Crippen LogP contribution in [0.4, 0.5) is 32.0 Å². The predicted molar refractivity (Wildman–Crippen MR) is 167 cm³/mol. The van der Waals surface area contributed by atoms with E-state index in [1.165, 1.54) is 30.3 Å². The summed E-state index contributed by atoms with van der Waals surface area (Å²) in [4.78, 5) is 42.9. The van der Waals surface area contributed by atoms with Gasteiger partial charge in [-0.1, -0.05) is 51.2 Å². The molecular formula is C36H32F6N2O6. The second-order valence-electron chi connectivity index (χ2n) is 12.6. The van der Waals surface area contributed by atoms with Crippen LogP contribution in [0.3, 0.4) is 0 Å².